The number of carbonyl (C=O) groups excluding carboxylic acids is 1. The van der Waals surface area contributed by atoms with Crippen molar-refractivity contribution in [2.45, 2.75) is 44.9 Å². The zero-order valence-electron chi connectivity index (χ0n) is 11.9. The smallest absolute Gasteiger partial charge is 0.274 e. The van der Waals surface area contributed by atoms with Crippen LogP contribution in [0.5, 0.6) is 0 Å². The standard InChI is InChI=1S/C13H25N3O3S/c14-20(18,19)15-9-12-6-3-7-16(10-12)13(17)8-11-4-1-2-5-11/h11-12,15H,1-10H2,(H2,14,18,19). The van der Waals surface area contributed by atoms with Gasteiger partial charge in [-0.15, -0.1) is 0 Å². The van der Waals surface area contributed by atoms with Crippen LogP contribution in [-0.2, 0) is 15.0 Å². The number of carbonyl (C=O) groups is 1. The number of likely N-dealkylation sites (tertiary alicyclic amines) is 1. The quantitative estimate of drug-likeness (QED) is 0.779. The molecule has 0 bridgehead atoms. The van der Waals surface area contributed by atoms with Crippen LogP contribution in [0.4, 0.5) is 0 Å². The second-order valence-electron chi connectivity index (χ2n) is 6.10. The molecule has 1 heterocycles. The van der Waals surface area contributed by atoms with E-state index in [1.165, 1.54) is 25.7 Å². The lowest BCUT2D eigenvalue weighted by Crippen LogP contribution is -2.45. The first-order chi connectivity index (χ1) is 9.44. The monoisotopic (exact) mass is 303 g/mol. The van der Waals surface area contributed by atoms with Gasteiger partial charge in [0, 0.05) is 26.1 Å². The van der Waals surface area contributed by atoms with Crippen LogP contribution in [0.15, 0.2) is 0 Å². The summed E-state index contributed by atoms with van der Waals surface area (Å²) in [6.07, 6.45) is 7.39. The molecule has 0 spiro atoms. The second kappa shape index (κ2) is 6.87. The summed E-state index contributed by atoms with van der Waals surface area (Å²) >= 11 is 0. The molecule has 2 aliphatic rings. The fourth-order valence-corrected chi connectivity index (χ4v) is 3.75. The summed E-state index contributed by atoms with van der Waals surface area (Å²) in [5.74, 6) is 0.970. The highest BCUT2D eigenvalue weighted by Crippen LogP contribution is 2.28. The summed E-state index contributed by atoms with van der Waals surface area (Å²) in [6, 6.07) is 0. The Kier molecular flexibility index (Phi) is 5.40. The van der Waals surface area contributed by atoms with E-state index in [9.17, 15) is 13.2 Å². The van der Waals surface area contributed by atoms with Crippen molar-refractivity contribution in [2.75, 3.05) is 19.6 Å². The predicted octanol–water partition coefficient (Wildman–Crippen LogP) is 0.598. The molecule has 2 rings (SSSR count). The van der Waals surface area contributed by atoms with E-state index in [0.717, 1.165) is 19.4 Å². The summed E-state index contributed by atoms with van der Waals surface area (Å²) in [6.45, 7) is 1.78. The number of hydrogen-bond donors (Lipinski definition) is 2. The van der Waals surface area contributed by atoms with E-state index in [1.807, 2.05) is 4.90 Å². The molecular weight excluding hydrogens is 278 g/mol. The summed E-state index contributed by atoms with van der Waals surface area (Å²) in [4.78, 5) is 14.2. The number of piperidine rings is 1. The maximum absolute atomic E-state index is 12.3. The summed E-state index contributed by atoms with van der Waals surface area (Å²) in [5, 5.41) is 4.94. The lowest BCUT2D eigenvalue weighted by molar-refractivity contribution is -0.133. The Bertz CT molecular complexity index is 432. The van der Waals surface area contributed by atoms with Gasteiger partial charge in [-0.3, -0.25) is 4.79 Å². The Labute approximate surface area is 121 Å². The molecule has 20 heavy (non-hydrogen) atoms. The zero-order valence-corrected chi connectivity index (χ0v) is 12.7. The molecular formula is C13H25N3O3S. The molecule has 1 unspecified atom stereocenters. The van der Waals surface area contributed by atoms with Gasteiger partial charge in [0.2, 0.25) is 5.91 Å². The topological polar surface area (TPSA) is 92.5 Å². The third-order valence-corrected chi connectivity index (χ3v) is 4.95. The lowest BCUT2D eigenvalue weighted by atomic mass is 9.96. The fraction of sp³-hybridized carbons (Fsp3) is 0.923. The molecule has 1 atom stereocenters. The highest BCUT2D eigenvalue weighted by Gasteiger charge is 2.26. The van der Waals surface area contributed by atoms with Gasteiger partial charge in [-0.2, -0.15) is 8.42 Å². The first-order valence-electron chi connectivity index (χ1n) is 7.49. The van der Waals surface area contributed by atoms with Gasteiger partial charge in [-0.25, -0.2) is 9.86 Å². The molecule has 2 fully saturated rings. The summed E-state index contributed by atoms with van der Waals surface area (Å²) < 4.78 is 24.1. The van der Waals surface area contributed by atoms with Gasteiger partial charge in [-0.1, -0.05) is 12.8 Å². The fourth-order valence-electron chi connectivity index (χ4n) is 3.28. The summed E-state index contributed by atoms with van der Waals surface area (Å²) in [7, 11) is -3.63. The number of nitrogens with two attached hydrogens (primary N) is 1. The molecule has 7 heteroatoms. The first-order valence-corrected chi connectivity index (χ1v) is 9.04. The Morgan fingerprint density at radius 3 is 2.45 bits per heavy atom. The molecule has 1 amide bonds. The average molecular weight is 303 g/mol. The van der Waals surface area contributed by atoms with Crippen LogP contribution in [-0.4, -0.2) is 38.9 Å². The zero-order chi connectivity index (χ0) is 14.6. The molecule has 3 N–H and O–H groups in total. The Hall–Kier alpha value is -0.660. The van der Waals surface area contributed by atoms with Crippen molar-refractivity contribution in [1.29, 1.82) is 0 Å². The molecule has 116 valence electrons. The number of hydrogen-bond acceptors (Lipinski definition) is 3. The van der Waals surface area contributed by atoms with Crippen LogP contribution in [0, 0.1) is 11.8 Å². The molecule has 1 aliphatic heterocycles. The number of amides is 1. The lowest BCUT2D eigenvalue weighted by Gasteiger charge is -2.33. The minimum atomic E-state index is -3.63. The maximum Gasteiger partial charge on any atom is 0.274 e. The molecule has 1 aliphatic carbocycles. The number of nitrogens with zero attached hydrogens (tertiary/aromatic N) is 1. The number of nitrogens with one attached hydrogen (secondary N) is 1. The second-order valence-corrected chi connectivity index (χ2v) is 7.47. The van der Waals surface area contributed by atoms with Gasteiger partial charge in [0.05, 0.1) is 0 Å². The highest BCUT2D eigenvalue weighted by atomic mass is 32.2. The molecule has 0 radical (unpaired) electrons. The van der Waals surface area contributed by atoms with E-state index in [0.29, 0.717) is 25.4 Å². The maximum atomic E-state index is 12.3. The van der Waals surface area contributed by atoms with E-state index in [-0.39, 0.29) is 11.8 Å². The van der Waals surface area contributed by atoms with Crippen LogP contribution in [0.1, 0.15) is 44.9 Å². The van der Waals surface area contributed by atoms with E-state index >= 15 is 0 Å². The van der Waals surface area contributed by atoms with Crippen molar-refractivity contribution >= 4 is 16.1 Å². The van der Waals surface area contributed by atoms with E-state index in [1.54, 1.807) is 0 Å². The SMILES string of the molecule is NS(=O)(=O)NCC1CCCN(C(=O)CC2CCCC2)C1. The van der Waals surface area contributed by atoms with Gasteiger partial charge in [-0.05, 0) is 37.5 Å². The Morgan fingerprint density at radius 1 is 1.15 bits per heavy atom. The first kappa shape index (κ1) is 15.7. The van der Waals surface area contributed by atoms with Crippen molar-refractivity contribution in [3.05, 3.63) is 0 Å². The van der Waals surface area contributed by atoms with Gasteiger partial charge < -0.3 is 4.90 Å². The number of rotatable bonds is 5. The third-order valence-electron chi connectivity index (χ3n) is 4.38. The Morgan fingerprint density at radius 2 is 1.80 bits per heavy atom. The molecule has 1 saturated carbocycles. The van der Waals surface area contributed by atoms with E-state index in [4.69, 9.17) is 5.14 Å². The van der Waals surface area contributed by atoms with Gasteiger partial charge in [0.1, 0.15) is 0 Å². The largest absolute Gasteiger partial charge is 0.342 e. The van der Waals surface area contributed by atoms with Crippen LogP contribution < -0.4 is 9.86 Å². The van der Waals surface area contributed by atoms with Gasteiger partial charge in [0.15, 0.2) is 0 Å². The molecule has 1 saturated heterocycles. The van der Waals surface area contributed by atoms with E-state index in [2.05, 4.69) is 4.72 Å². The van der Waals surface area contributed by atoms with Crippen molar-refractivity contribution < 1.29 is 13.2 Å². The van der Waals surface area contributed by atoms with Crippen molar-refractivity contribution in [3.63, 3.8) is 0 Å². The van der Waals surface area contributed by atoms with Crippen LogP contribution >= 0.6 is 0 Å². The van der Waals surface area contributed by atoms with Gasteiger partial charge in [0.25, 0.3) is 10.2 Å². The normalized spacial score (nSPS) is 25.1. The summed E-state index contributed by atoms with van der Waals surface area (Å²) in [5.41, 5.74) is 0. The van der Waals surface area contributed by atoms with Crippen molar-refractivity contribution in [3.8, 4) is 0 Å². The minimum Gasteiger partial charge on any atom is -0.342 e. The van der Waals surface area contributed by atoms with Gasteiger partial charge >= 0.3 is 0 Å². The molecule has 0 aromatic carbocycles. The highest BCUT2D eigenvalue weighted by molar-refractivity contribution is 7.87. The Balaban J connectivity index is 1.78. The molecule has 6 nitrogen and oxygen atoms in total. The average Bonchev–Trinajstić information content (AvgIpc) is 2.89. The predicted molar refractivity (Wildman–Crippen MR) is 77.0 cm³/mol. The third kappa shape index (κ3) is 5.03. The minimum absolute atomic E-state index is 0.176. The van der Waals surface area contributed by atoms with E-state index < -0.39 is 10.2 Å². The van der Waals surface area contributed by atoms with Crippen molar-refractivity contribution in [2.24, 2.45) is 17.0 Å². The molecule has 0 aromatic heterocycles. The molecule has 0 aromatic rings. The van der Waals surface area contributed by atoms with Crippen LogP contribution in [0.3, 0.4) is 0 Å². The van der Waals surface area contributed by atoms with Crippen molar-refractivity contribution in [1.82, 2.24) is 9.62 Å². The van der Waals surface area contributed by atoms with Crippen LogP contribution in [0.25, 0.3) is 0 Å². The van der Waals surface area contributed by atoms with Crippen LogP contribution in [0.2, 0.25) is 0 Å².